The fourth-order valence-corrected chi connectivity index (χ4v) is 3.64. The van der Waals surface area contributed by atoms with E-state index >= 15 is 0 Å². The van der Waals surface area contributed by atoms with Crippen molar-refractivity contribution in [3.8, 4) is 0 Å². The lowest BCUT2D eigenvalue weighted by Crippen LogP contribution is -2.25. The van der Waals surface area contributed by atoms with Crippen LogP contribution in [0.25, 0.3) is 0 Å². The maximum Gasteiger partial charge on any atom is 0.106 e. The molecule has 100 valence electrons. The van der Waals surface area contributed by atoms with Crippen LogP contribution in [0.4, 0.5) is 0 Å². The average Bonchev–Trinajstić information content (AvgIpc) is 2.98. The van der Waals surface area contributed by atoms with Crippen molar-refractivity contribution in [3.63, 3.8) is 0 Å². The van der Waals surface area contributed by atoms with E-state index in [9.17, 15) is 0 Å². The van der Waals surface area contributed by atoms with Crippen molar-refractivity contribution in [2.75, 3.05) is 6.54 Å². The fourth-order valence-electron chi connectivity index (χ4n) is 3.64. The summed E-state index contributed by atoms with van der Waals surface area (Å²) in [4.78, 5) is 4.70. The second-order valence-corrected chi connectivity index (χ2v) is 5.92. The van der Waals surface area contributed by atoms with Gasteiger partial charge in [-0.3, -0.25) is 0 Å². The Morgan fingerprint density at radius 1 is 1.33 bits per heavy atom. The summed E-state index contributed by atoms with van der Waals surface area (Å²) < 4.78 is 2.48. The van der Waals surface area contributed by atoms with Gasteiger partial charge in [0.05, 0.1) is 5.69 Å². The van der Waals surface area contributed by atoms with Crippen LogP contribution in [0.15, 0.2) is 0 Å². The van der Waals surface area contributed by atoms with Gasteiger partial charge >= 0.3 is 0 Å². The van der Waals surface area contributed by atoms with Crippen molar-refractivity contribution >= 4 is 0 Å². The van der Waals surface area contributed by atoms with Gasteiger partial charge in [0.25, 0.3) is 0 Å². The van der Waals surface area contributed by atoms with E-state index in [0.29, 0.717) is 0 Å². The highest BCUT2D eigenvalue weighted by Gasteiger charge is 2.18. The van der Waals surface area contributed by atoms with Gasteiger partial charge in [0.2, 0.25) is 0 Å². The number of hydrogen-bond acceptors (Lipinski definition) is 2. The molecular formula is C15H25N3. The Morgan fingerprint density at radius 3 is 3.00 bits per heavy atom. The minimum atomic E-state index is 0.964. The molecule has 1 aliphatic carbocycles. The molecule has 2 heterocycles. The molecule has 3 rings (SSSR count). The van der Waals surface area contributed by atoms with Crippen LogP contribution in [0.2, 0.25) is 0 Å². The number of rotatable bonds is 4. The monoisotopic (exact) mass is 247 g/mol. The lowest BCUT2D eigenvalue weighted by Gasteiger charge is -2.16. The van der Waals surface area contributed by atoms with Crippen molar-refractivity contribution in [1.29, 1.82) is 0 Å². The summed E-state index contributed by atoms with van der Waals surface area (Å²) in [5.74, 6) is 2.24. The van der Waals surface area contributed by atoms with Crippen molar-refractivity contribution in [1.82, 2.24) is 14.9 Å². The first kappa shape index (κ1) is 12.2. The zero-order valence-corrected chi connectivity index (χ0v) is 11.5. The van der Waals surface area contributed by atoms with Crippen LogP contribution in [-0.4, -0.2) is 16.1 Å². The van der Waals surface area contributed by atoms with Gasteiger partial charge in [-0.05, 0) is 25.7 Å². The standard InChI is InChI=1S/C15H25N3/c1-12-17-14-11-16-9-8-15(14)18(12)10-4-7-13-5-2-3-6-13/h13,16H,2-11H2,1H3. The molecule has 0 bridgehead atoms. The Labute approximate surface area is 110 Å². The van der Waals surface area contributed by atoms with Gasteiger partial charge in [0.1, 0.15) is 5.82 Å². The van der Waals surface area contributed by atoms with Gasteiger partial charge in [0.15, 0.2) is 0 Å². The molecular weight excluding hydrogens is 222 g/mol. The van der Waals surface area contributed by atoms with Gasteiger partial charge in [-0.15, -0.1) is 0 Å². The molecule has 1 N–H and O–H groups in total. The van der Waals surface area contributed by atoms with E-state index in [2.05, 4.69) is 16.8 Å². The van der Waals surface area contributed by atoms with E-state index in [1.54, 1.807) is 0 Å². The Hall–Kier alpha value is -0.830. The number of nitrogens with zero attached hydrogens (tertiary/aromatic N) is 2. The van der Waals surface area contributed by atoms with Crippen molar-refractivity contribution in [2.45, 2.75) is 65.0 Å². The van der Waals surface area contributed by atoms with E-state index in [4.69, 9.17) is 4.98 Å². The molecule has 0 spiro atoms. The molecule has 0 amide bonds. The molecule has 0 atom stereocenters. The summed E-state index contributed by atoms with van der Waals surface area (Å²) in [7, 11) is 0. The molecule has 0 unspecified atom stereocenters. The predicted octanol–water partition coefficient (Wildman–Crippen LogP) is 2.81. The van der Waals surface area contributed by atoms with Crippen LogP contribution < -0.4 is 5.32 Å². The molecule has 1 fully saturated rings. The quantitative estimate of drug-likeness (QED) is 0.886. The van der Waals surface area contributed by atoms with Crippen molar-refractivity contribution in [3.05, 3.63) is 17.2 Å². The number of nitrogens with one attached hydrogen (secondary N) is 1. The largest absolute Gasteiger partial charge is 0.332 e. The van der Waals surface area contributed by atoms with Crippen LogP contribution in [0.5, 0.6) is 0 Å². The van der Waals surface area contributed by atoms with Crippen molar-refractivity contribution in [2.24, 2.45) is 5.92 Å². The third-order valence-corrected chi connectivity index (χ3v) is 4.65. The lowest BCUT2D eigenvalue weighted by atomic mass is 10.0. The number of aryl methyl sites for hydroxylation is 1. The minimum Gasteiger partial charge on any atom is -0.332 e. The second-order valence-electron chi connectivity index (χ2n) is 5.92. The zero-order chi connectivity index (χ0) is 12.4. The fraction of sp³-hybridized carbons (Fsp3) is 0.800. The number of aromatic nitrogens is 2. The molecule has 1 aliphatic heterocycles. The van der Waals surface area contributed by atoms with Crippen LogP contribution in [0.3, 0.4) is 0 Å². The Balaban J connectivity index is 1.59. The molecule has 0 radical (unpaired) electrons. The molecule has 18 heavy (non-hydrogen) atoms. The summed E-state index contributed by atoms with van der Waals surface area (Å²) in [5.41, 5.74) is 2.79. The molecule has 1 aromatic heterocycles. The van der Waals surface area contributed by atoms with E-state index < -0.39 is 0 Å². The van der Waals surface area contributed by atoms with Crippen LogP contribution in [0, 0.1) is 12.8 Å². The first-order valence-corrected chi connectivity index (χ1v) is 7.60. The SMILES string of the molecule is Cc1nc2c(n1CCCC1CCCC1)CCNC2. The molecule has 0 saturated heterocycles. The first-order chi connectivity index (χ1) is 8.84. The summed E-state index contributed by atoms with van der Waals surface area (Å²) in [5, 5.41) is 3.41. The minimum absolute atomic E-state index is 0.964. The molecule has 1 aromatic rings. The summed E-state index contributed by atoms with van der Waals surface area (Å²) in [6, 6.07) is 0. The van der Waals surface area contributed by atoms with Crippen molar-refractivity contribution < 1.29 is 0 Å². The maximum absolute atomic E-state index is 4.70. The van der Waals surface area contributed by atoms with E-state index in [1.807, 2.05) is 0 Å². The highest BCUT2D eigenvalue weighted by atomic mass is 15.1. The highest BCUT2D eigenvalue weighted by Crippen LogP contribution is 2.29. The summed E-state index contributed by atoms with van der Waals surface area (Å²) >= 11 is 0. The van der Waals surface area contributed by atoms with E-state index in [-0.39, 0.29) is 0 Å². The predicted molar refractivity (Wildman–Crippen MR) is 73.6 cm³/mol. The summed E-state index contributed by atoms with van der Waals surface area (Å²) in [6.45, 7) is 5.42. The molecule has 3 heteroatoms. The highest BCUT2D eigenvalue weighted by molar-refractivity contribution is 5.19. The van der Waals surface area contributed by atoms with E-state index in [1.165, 1.54) is 62.3 Å². The molecule has 0 aromatic carbocycles. The first-order valence-electron chi connectivity index (χ1n) is 7.60. The second kappa shape index (κ2) is 5.43. The topological polar surface area (TPSA) is 29.9 Å². The van der Waals surface area contributed by atoms with Gasteiger partial charge in [-0.2, -0.15) is 0 Å². The van der Waals surface area contributed by atoms with Gasteiger partial charge < -0.3 is 9.88 Å². The number of hydrogen-bond donors (Lipinski definition) is 1. The Morgan fingerprint density at radius 2 is 2.17 bits per heavy atom. The average molecular weight is 247 g/mol. The third kappa shape index (κ3) is 2.46. The number of imidazole rings is 1. The van der Waals surface area contributed by atoms with Gasteiger partial charge in [0, 0.05) is 31.7 Å². The lowest BCUT2D eigenvalue weighted by molar-refractivity contribution is 0.450. The van der Waals surface area contributed by atoms with Crippen LogP contribution in [0.1, 0.15) is 55.7 Å². The van der Waals surface area contributed by atoms with Gasteiger partial charge in [-0.1, -0.05) is 25.7 Å². The summed E-state index contributed by atoms with van der Waals surface area (Å²) in [6.07, 6.45) is 9.80. The van der Waals surface area contributed by atoms with Gasteiger partial charge in [-0.25, -0.2) is 4.98 Å². The third-order valence-electron chi connectivity index (χ3n) is 4.65. The molecule has 3 nitrogen and oxygen atoms in total. The number of fused-ring (bicyclic) bond motifs is 1. The van der Waals surface area contributed by atoms with Crippen LogP contribution >= 0.6 is 0 Å². The van der Waals surface area contributed by atoms with E-state index in [0.717, 1.165) is 25.4 Å². The Kier molecular flexibility index (Phi) is 3.69. The molecule has 1 saturated carbocycles. The normalized spacial score (nSPS) is 20.3. The maximum atomic E-state index is 4.70. The smallest absolute Gasteiger partial charge is 0.106 e. The zero-order valence-electron chi connectivity index (χ0n) is 11.5. The van der Waals surface area contributed by atoms with Crippen LogP contribution in [-0.2, 0) is 19.5 Å². The Bertz CT molecular complexity index is 402. The molecule has 2 aliphatic rings.